The molecule has 1 aliphatic rings. The van der Waals surface area contributed by atoms with E-state index in [0.29, 0.717) is 6.04 Å². The topological polar surface area (TPSA) is 58.4 Å². The first-order valence-corrected chi connectivity index (χ1v) is 8.92. The van der Waals surface area contributed by atoms with Gasteiger partial charge in [0.1, 0.15) is 0 Å². The Morgan fingerprint density at radius 2 is 2.04 bits per heavy atom. The van der Waals surface area contributed by atoms with Crippen molar-refractivity contribution in [2.45, 2.75) is 45.6 Å². The molecule has 2 aromatic rings. The van der Waals surface area contributed by atoms with Gasteiger partial charge in [0, 0.05) is 29.7 Å². The fourth-order valence-electron chi connectivity index (χ4n) is 3.19. The molecule has 1 heterocycles. The molecule has 1 fully saturated rings. The molecule has 1 saturated carbocycles. The van der Waals surface area contributed by atoms with E-state index in [4.69, 9.17) is 0 Å². The van der Waals surface area contributed by atoms with Crippen molar-refractivity contribution in [3.8, 4) is 0 Å². The number of benzene rings is 1. The average Bonchev–Trinajstić information content (AvgIpc) is 3.27. The third kappa shape index (κ3) is 4.72. The molecule has 0 bridgehead atoms. The number of hydrogen-bond acceptors (Lipinski definition) is 3. The second kappa shape index (κ2) is 8.01. The van der Waals surface area contributed by atoms with Gasteiger partial charge in [0.05, 0.1) is 12.8 Å². The summed E-state index contributed by atoms with van der Waals surface area (Å²) in [7, 11) is 0. The van der Waals surface area contributed by atoms with E-state index in [1.807, 2.05) is 24.3 Å². The number of carbonyl (C=O) groups is 1. The minimum absolute atomic E-state index is 0.162. The van der Waals surface area contributed by atoms with Crippen LogP contribution in [0.2, 0.25) is 0 Å². The Bertz CT molecular complexity index is 757. The van der Waals surface area contributed by atoms with Crippen molar-refractivity contribution in [1.82, 2.24) is 9.99 Å². The fraction of sp³-hybridized carbons (Fsp3) is 0.400. The summed E-state index contributed by atoms with van der Waals surface area (Å²) in [6, 6.07) is 8.71. The van der Waals surface area contributed by atoms with Gasteiger partial charge in [-0.3, -0.25) is 4.79 Å². The summed E-state index contributed by atoms with van der Waals surface area (Å²) in [5.74, 6) is -0.162. The maximum absolute atomic E-state index is 11.9. The van der Waals surface area contributed by atoms with E-state index in [9.17, 15) is 4.79 Å². The molecule has 0 atom stereocenters. The van der Waals surface area contributed by atoms with Crippen molar-refractivity contribution in [1.29, 1.82) is 0 Å². The van der Waals surface area contributed by atoms with Crippen LogP contribution in [0.15, 0.2) is 41.8 Å². The zero-order valence-corrected chi connectivity index (χ0v) is 15.0. The van der Waals surface area contributed by atoms with Crippen LogP contribution in [0.4, 0.5) is 5.69 Å². The molecule has 1 aromatic carbocycles. The van der Waals surface area contributed by atoms with Gasteiger partial charge >= 0.3 is 0 Å². The molecule has 5 heteroatoms. The van der Waals surface area contributed by atoms with Crippen molar-refractivity contribution in [2.75, 3.05) is 11.9 Å². The second-order valence-corrected chi connectivity index (χ2v) is 6.78. The molecule has 0 unspecified atom stereocenters. The van der Waals surface area contributed by atoms with Gasteiger partial charge < -0.3 is 9.88 Å². The first-order valence-electron chi connectivity index (χ1n) is 8.92. The monoisotopic (exact) mass is 338 g/mol. The zero-order valence-electron chi connectivity index (χ0n) is 15.0. The second-order valence-electron chi connectivity index (χ2n) is 6.78. The van der Waals surface area contributed by atoms with Crippen molar-refractivity contribution in [2.24, 2.45) is 5.10 Å². The lowest BCUT2D eigenvalue weighted by atomic mass is 10.1. The number of amides is 1. The SMILES string of the molecule is Cc1ccc(NCC(=O)N/N=C\c2ccn(C3CCCC3)c2)cc1C. The summed E-state index contributed by atoms with van der Waals surface area (Å²) in [5, 5.41) is 7.16. The van der Waals surface area contributed by atoms with Crippen molar-refractivity contribution < 1.29 is 4.79 Å². The minimum atomic E-state index is -0.162. The standard InChI is InChI=1S/C20H26N4O/c1-15-7-8-18(11-16(15)2)21-13-20(25)23-22-12-17-9-10-24(14-17)19-5-3-4-6-19/h7-12,14,19,21H,3-6,13H2,1-2H3,(H,23,25)/b22-12-. The van der Waals surface area contributed by atoms with Crippen LogP contribution < -0.4 is 10.7 Å². The Balaban J connectivity index is 1.45. The summed E-state index contributed by atoms with van der Waals surface area (Å²) in [6.07, 6.45) is 11.0. The van der Waals surface area contributed by atoms with E-state index < -0.39 is 0 Å². The molecule has 0 radical (unpaired) electrons. The summed E-state index contributed by atoms with van der Waals surface area (Å²) in [5.41, 5.74) is 6.96. The van der Waals surface area contributed by atoms with Gasteiger partial charge in [0.2, 0.25) is 0 Å². The first-order chi connectivity index (χ1) is 12.1. The zero-order chi connectivity index (χ0) is 17.6. The molecule has 3 rings (SSSR count). The Hall–Kier alpha value is -2.56. The lowest BCUT2D eigenvalue weighted by Gasteiger charge is -2.10. The molecule has 2 N–H and O–H groups in total. The maximum Gasteiger partial charge on any atom is 0.259 e. The summed E-state index contributed by atoms with van der Waals surface area (Å²) in [6.45, 7) is 4.33. The number of carbonyl (C=O) groups excluding carboxylic acids is 1. The van der Waals surface area contributed by atoms with Gasteiger partial charge in [-0.05, 0) is 56.0 Å². The highest BCUT2D eigenvalue weighted by Gasteiger charge is 2.15. The summed E-state index contributed by atoms with van der Waals surface area (Å²) < 4.78 is 2.26. The predicted octanol–water partition coefficient (Wildman–Crippen LogP) is 3.78. The van der Waals surface area contributed by atoms with Crippen LogP contribution in [0.25, 0.3) is 0 Å². The molecule has 132 valence electrons. The van der Waals surface area contributed by atoms with Crippen molar-refractivity contribution in [3.63, 3.8) is 0 Å². The van der Waals surface area contributed by atoms with Crippen LogP contribution in [-0.4, -0.2) is 23.2 Å². The third-order valence-electron chi connectivity index (χ3n) is 4.85. The number of anilines is 1. The smallest absolute Gasteiger partial charge is 0.259 e. The van der Waals surface area contributed by atoms with E-state index >= 15 is 0 Å². The van der Waals surface area contributed by atoms with Crippen LogP contribution in [0, 0.1) is 13.8 Å². The Kier molecular flexibility index (Phi) is 5.53. The highest BCUT2D eigenvalue weighted by molar-refractivity contribution is 5.84. The van der Waals surface area contributed by atoms with E-state index in [0.717, 1.165) is 11.3 Å². The van der Waals surface area contributed by atoms with Gasteiger partial charge in [-0.25, -0.2) is 5.43 Å². The summed E-state index contributed by atoms with van der Waals surface area (Å²) >= 11 is 0. The van der Waals surface area contributed by atoms with Gasteiger partial charge in [-0.1, -0.05) is 18.9 Å². The quantitative estimate of drug-likeness (QED) is 0.622. The number of hydrogen-bond donors (Lipinski definition) is 2. The lowest BCUT2D eigenvalue weighted by Crippen LogP contribution is -2.25. The first kappa shape index (κ1) is 17.3. The van der Waals surface area contributed by atoms with Gasteiger partial charge in [0.25, 0.3) is 5.91 Å². The van der Waals surface area contributed by atoms with E-state index in [2.05, 4.69) is 46.7 Å². The Morgan fingerprint density at radius 3 is 2.80 bits per heavy atom. The van der Waals surface area contributed by atoms with Crippen LogP contribution in [0.3, 0.4) is 0 Å². The molecular formula is C20H26N4O. The molecule has 1 aliphatic carbocycles. The highest BCUT2D eigenvalue weighted by Crippen LogP contribution is 2.29. The summed E-state index contributed by atoms with van der Waals surface area (Å²) in [4.78, 5) is 11.9. The number of rotatable bonds is 6. The highest BCUT2D eigenvalue weighted by atomic mass is 16.2. The normalized spacial score (nSPS) is 15.0. The molecule has 0 aliphatic heterocycles. The molecule has 0 spiro atoms. The maximum atomic E-state index is 11.9. The molecule has 5 nitrogen and oxygen atoms in total. The molecule has 1 aromatic heterocycles. The van der Waals surface area contributed by atoms with E-state index in [1.54, 1.807) is 6.21 Å². The number of aryl methyl sites for hydroxylation is 2. The predicted molar refractivity (Wildman–Crippen MR) is 102 cm³/mol. The van der Waals surface area contributed by atoms with Crippen molar-refractivity contribution >= 4 is 17.8 Å². The van der Waals surface area contributed by atoms with Gasteiger partial charge in [0.15, 0.2) is 0 Å². The molecular weight excluding hydrogens is 312 g/mol. The Labute approximate surface area is 149 Å². The number of nitrogens with one attached hydrogen (secondary N) is 2. The van der Waals surface area contributed by atoms with Crippen LogP contribution >= 0.6 is 0 Å². The number of nitrogens with zero attached hydrogens (tertiary/aromatic N) is 2. The Morgan fingerprint density at radius 1 is 1.24 bits per heavy atom. The van der Waals surface area contributed by atoms with Crippen LogP contribution in [0.1, 0.15) is 48.4 Å². The average molecular weight is 338 g/mol. The molecule has 1 amide bonds. The van der Waals surface area contributed by atoms with Crippen LogP contribution in [-0.2, 0) is 4.79 Å². The number of hydrazone groups is 1. The lowest BCUT2D eigenvalue weighted by molar-refractivity contribution is -0.119. The molecule has 0 saturated heterocycles. The third-order valence-corrected chi connectivity index (χ3v) is 4.85. The van der Waals surface area contributed by atoms with Crippen molar-refractivity contribution in [3.05, 3.63) is 53.3 Å². The van der Waals surface area contributed by atoms with Gasteiger partial charge in [-0.2, -0.15) is 5.10 Å². The van der Waals surface area contributed by atoms with E-state index in [-0.39, 0.29) is 12.5 Å². The number of aromatic nitrogens is 1. The van der Waals surface area contributed by atoms with Crippen LogP contribution in [0.5, 0.6) is 0 Å². The minimum Gasteiger partial charge on any atom is -0.376 e. The fourth-order valence-corrected chi connectivity index (χ4v) is 3.19. The largest absolute Gasteiger partial charge is 0.376 e. The van der Waals surface area contributed by atoms with Gasteiger partial charge in [-0.15, -0.1) is 0 Å². The van der Waals surface area contributed by atoms with E-state index in [1.165, 1.54) is 36.8 Å². The molecule has 25 heavy (non-hydrogen) atoms.